The Morgan fingerprint density at radius 3 is 2.19 bits per heavy atom. The van der Waals surface area contributed by atoms with E-state index >= 15 is 0 Å². The third-order valence-corrected chi connectivity index (χ3v) is 8.18. The molecule has 16 atom stereocenters. The minimum Gasteiger partial charge on any atom is -0.477 e. The number of hydrogen-bond acceptors (Lipinski definition) is 20. The molecule has 0 bridgehead atoms. The summed E-state index contributed by atoms with van der Waals surface area (Å²) in [5.74, 6) is -5.54. The number of aliphatic hydroxyl groups excluding tert-OH is 9. The molecule has 0 aromatic rings. The zero-order chi connectivity index (χ0) is 35.6. The first-order valence-electron chi connectivity index (χ1n) is 13.9. The molecule has 3 saturated heterocycles. The van der Waals surface area contributed by atoms with Gasteiger partial charge in [0.2, 0.25) is 5.91 Å². The van der Waals surface area contributed by atoms with Gasteiger partial charge in [0.1, 0.15) is 61.0 Å². The van der Waals surface area contributed by atoms with Crippen LogP contribution in [0.3, 0.4) is 0 Å². The van der Waals surface area contributed by atoms with Gasteiger partial charge in [-0.2, -0.15) is 8.42 Å². The molecule has 274 valence electrons. The summed E-state index contributed by atoms with van der Waals surface area (Å²) in [5.41, 5.74) is 5.67. The fourth-order valence-corrected chi connectivity index (χ4v) is 5.53. The van der Waals surface area contributed by atoms with E-state index < -0.39 is 146 Å². The summed E-state index contributed by atoms with van der Waals surface area (Å²) in [4.78, 5) is 24.1. The molecule has 3 aliphatic heterocycles. The van der Waals surface area contributed by atoms with Gasteiger partial charge < -0.3 is 85.8 Å². The van der Waals surface area contributed by atoms with Crippen molar-refractivity contribution in [3.63, 3.8) is 0 Å². The van der Waals surface area contributed by atoms with Gasteiger partial charge in [0.05, 0.1) is 38.0 Å². The number of aliphatic hydroxyl groups is 9. The van der Waals surface area contributed by atoms with Gasteiger partial charge in [-0.3, -0.25) is 9.35 Å². The standard InChI is InChI=1S/C23H40N2O21S/c1-6(27)25-12-7(28)2-23(22(36)37,46-19(12)13(30)8(29)3-26)41-4-9-14(31)16(33)17(34)21(44-9)45-18-10(5-42-47(38,39)40)43-20(35)11(24)15(18)32/h7-21,26,28-35H,2-5,24H2,1H3,(H,25,27)(H,36,37)(H,38,39,40)/t7-,8+,9+,10+,11+,12+,13+,14-,15+,16-,17+,18+,19+,20?,21-,23+/m0/s1. The van der Waals surface area contributed by atoms with E-state index in [2.05, 4.69) is 9.50 Å². The highest BCUT2D eigenvalue weighted by molar-refractivity contribution is 7.80. The van der Waals surface area contributed by atoms with Gasteiger partial charge in [-0.1, -0.05) is 0 Å². The van der Waals surface area contributed by atoms with Crippen LogP contribution in [0.5, 0.6) is 0 Å². The maximum Gasteiger partial charge on any atom is 0.397 e. The minimum atomic E-state index is -5.06. The van der Waals surface area contributed by atoms with Gasteiger partial charge in [0.15, 0.2) is 12.6 Å². The molecule has 0 aromatic carbocycles. The van der Waals surface area contributed by atoms with E-state index in [0.717, 1.165) is 6.92 Å². The van der Waals surface area contributed by atoms with E-state index in [1.807, 2.05) is 0 Å². The first-order valence-corrected chi connectivity index (χ1v) is 15.3. The van der Waals surface area contributed by atoms with Gasteiger partial charge in [0.25, 0.3) is 5.79 Å². The van der Waals surface area contributed by atoms with Crippen molar-refractivity contribution in [1.82, 2.24) is 5.32 Å². The van der Waals surface area contributed by atoms with Gasteiger partial charge in [-0.25, -0.2) is 8.98 Å². The number of carbonyl (C=O) groups is 2. The van der Waals surface area contributed by atoms with Crippen LogP contribution in [0.2, 0.25) is 0 Å². The Morgan fingerprint density at radius 2 is 1.64 bits per heavy atom. The van der Waals surface area contributed by atoms with E-state index in [1.54, 1.807) is 0 Å². The predicted molar refractivity (Wildman–Crippen MR) is 142 cm³/mol. The molecule has 3 fully saturated rings. The SMILES string of the molecule is CC(=O)N[C@H]1[C@H]([C@H](O)[C@H](O)CO)O[C@@](OC[C@H]2O[C@@H](O[C@H]3[C@H](O)[C@@H](N)C(O)O[C@@H]3COS(=O)(=O)O)[C@H](O)[C@@H](O)[C@H]2O)(C(=O)O)C[C@@H]1O. The Bertz CT molecular complexity index is 1180. The Morgan fingerprint density at radius 1 is 1.00 bits per heavy atom. The summed E-state index contributed by atoms with van der Waals surface area (Å²) in [5, 5.41) is 105. The van der Waals surface area contributed by atoms with Crippen LogP contribution in [0, 0.1) is 0 Å². The number of nitrogens with one attached hydrogen (secondary N) is 1. The summed E-state index contributed by atoms with van der Waals surface area (Å²) in [6.07, 6.45) is -26.1. The summed E-state index contributed by atoms with van der Waals surface area (Å²) in [6.45, 7) is -2.10. The third-order valence-electron chi connectivity index (χ3n) is 7.75. The molecule has 3 rings (SSSR count). The highest BCUT2D eigenvalue weighted by Crippen LogP contribution is 2.35. The number of rotatable bonds is 13. The maximum atomic E-state index is 12.4. The normalized spacial score (nSPS) is 42.8. The van der Waals surface area contributed by atoms with E-state index in [0.29, 0.717) is 0 Å². The van der Waals surface area contributed by atoms with Crippen molar-refractivity contribution in [3.8, 4) is 0 Å². The number of carboxylic acids is 1. The van der Waals surface area contributed by atoms with Crippen molar-refractivity contribution in [2.45, 2.75) is 111 Å². The zero-order valence-corrected chi connectivity index (χ0v) is 25.3. The van der Waals surface area contributed by atoms with Crippen molar-refractivity contribution in [2.75, 3.05) is 19.8 Å². The second-order valence-electron chi connectivity index (χ2n) is 11.2. The summed E-state index contributed by atoms with van der Waals surface area (Å²) in [7, 11) is -5.06. The average Bonchev–Trinajstić information content (AvgIpc) is 2.99. The maximum absolute atomic E-state index is 12.4. The molecule has 0 radical (unpaired) electrons. The van der Waals surface area contributed by atoms with Crippen LogP contribution in [-0.2, 0) is 47.9 Å². The highest BCUT2D eigenvalue weighted by Gasteiger charge is 2.57. The molecule has 24 heteroatoms. The first-order chi connectivity index (χ1) is 21.7. The molecule has 14 N–H and O–H groups in total. The third kappa shape index (κ3) is 9.26. The number of nitrogens with two attached hydrogens (primary N) is 1. The van der Waals surface area contributed by atoms with Crippen molar-refractivity contribution in [3.05, 3.63) is 0 Å². The average molecular weight is 713 g/mol. The lowest BCUT2D eigenvalue weighted by Gasteiger charge is -2.48. The summed E-state index contributed by atoms with van der Waals surface area (Å²) in [6, 6.07) is -3.10. The molecule has 3 aliphatic rings. The summed E-state index contributed by atoms with van der Waals surface area (Å²) >= 11 is 0. The number of carboxylic acid groups (broad SMARTS) is 1. The molecule has 0 aliphatic carbocycles. The Labute approximate surface area is 265 Å². The Hall–Kier alpha value is -1.79. The second kappa shape index (κ2) is 15.8. The summed E-state index contributed by atoms with van der Waals surface area (Å²) < 4.78 is 62.1. The largest absolute Gasteiger partial charge is 0.477 e. The van der Waals surface area contributed by atoms with Gasteiger partial charge >= 0.3 is 16.4 Å². The van der Waals surface area contributed by atoms with Crippen LogP contribution in [0.25, 0.3) is 0 Å². The first kappa shape index (κ1) is 39.6. The molecule has 3 heterocycles. The minimum absolute atomic E-state index is 0.745. The van der Waals surface area contributed by atoms with Crippen molar-refractivity contribution in [2.24, 2.45) is 5.73 Å². The lowest BCUT2D eigenvalue weighted by atomic mass is 9.88. The molecule has 1 amide bonds. The van der Waals surface area contributed by atoms with Gasteiger partial charge in [-0.05, 0) is 0 Å². The number of amides is 1. The molecule has 0 aromatic heterocycles. The van der Waals surface area contributed by atoms with E-state index in [9.17, 15) is 69.1 Å². The van der Waals surface area contributed by atoms with E-state index in [-0.39, 0.29) is 0 Å². The lowest BCUT2D eigenvalue weighted by Crippen LogP contribution is -2.68. The van der Waals surface area contributed by atoms with Crippen LogP contribution in [-0.4, -0.2) is 193 Å². The Balaban J connectivity index is 1.84. The number of carbonyl (C=O) groups excluding carboxylic acids is 1. The number of aliphatic carboxylic acids is 1. The van der Waals surface area contributed by atoms with Crippen LogP contribution in [0.1, 0.15) is 13.3 Å². The highest BCUT2D eigenvalue weighted by atomic mass is 32.3. The lowest BCUT2D eigenvalue weighted by molar-refractivity contribution is -0.357. The smallest absolute Gasteiger partial charge is 0.397 e. The van der Waals surface area contributed by atoms with Crippen molar-refractivity contribution < 1.29 is 101 Å². The Kier molecular flexibility index (Phi) is 13.4. The molecule has 47 heavy (non-hydrogen) atoms. The van der Waals surface area contributed by atoms with Crippen LogP contribution in [0.4, 0.5) is 0 Å². The molecule has 0 saturated carbocycles. The molecule has 23 nitrogen and oxygen atoms in total. The van der Waals surface area contributed by atoms with Crippen LogP contribution >= 0.6 is 0 Å². The zero-order valence-electron chi connectivity index (χ0n) is 24.5. The van der Waals surface area contributed by atoms with Crippen LogP contribution in [0.15, 0.2) is 0 Å². The van der Waals surface area contributed by atoms with Gasteiger partial charge in [-0.15, -0.1) is 0 Å². The van der Waals surface area contributed by atoms with E-state index in [1.165, 1.54) is 0 Å². The fraction of sp³-hybridized carbons (Fsp3) is 0.913. The van der Waals surface area contributed by atoms with Crippen molar-refractivity contribution in [1.29, 1.82) is 0 Å². The quantitative estimate of drug-likeness (QED) is 0.0788. The number of hydrogen-bond donors (Lipinski definition) is 13. The predicted octanol–water partition coefficient (Wildman–Crippen LogP) is -8.43. The second-order valence-corrected chi connectivity index (χ2v) is 12.2. The van der Waals surface area contributed by atoms with Crippen molar-refractivity contribution >= 4 is 22.3 Å². The van der Waals surface area contributed by atoms with E-state index in [4.69, 9.17) is 34.0 Å². The topological polar surface area (TPSA) is 384 Å². The van der Waals surface area contributed by atoms with Crippen LogP contribution < -0.4 is 11.1 Å². The molecule has 0 spiro atoms. The monoisotopic (exact) mass is 712 g/mol. The fourth-order valence-electron chi connectivity index (χ4n) is 5.23. The molecular formula is C23H40N2O21S. The molecule has 1 unspecified atom stereocenters. The molecular weight excluding hydrogens is 672 g/mol. The number of ether oxygens (including phenoxy) is 5. The van der Waals surface area contributed by atoms with Gasteiger partial charge in [0, 0.05) is 13.3 Å².